The van der Waals surface area contributed by atoms with E-state index in [0.29, 0.717) is 12.2 Å². The second-order valence-corrected chi connectivity index (χ2v) is 5.48. The molecule has 3 N–H and O–H groups in total. The Hall–Kier alpha value is -2.53. The molecule has 0 atom stereocenters. The first-order valence-corrected chi connectivity index (χ1v) is 8.24. The highest BCUT2D eigenvalue weighted by molar-refractivity contribution is 5.91. The molecule has 0 heterocycles. The molecule has 0 unspecified atom stereocenters. The third kappa shape index (κ3) is 4.99. The number of carbonyl (C=O) groups excluding carboxylic acids is 1. The van der Waals surface area contributed by atoms with Crippen molar-refractivity contribution < 1.29 is 9.90 Å². The summed E-state index contributed by atoms with van der Waals surface area (Å²) in [6.07, 6.45) is 0. The van der Waals surface area contributed by atoms with Crippen LogP contribution in [-0.2, 0) is 11.3 Å². The molecule has 24 heavy (non-hydrogen) atoms. The normalized spacial score (nSPS) is 10.3. The Balaban J connectivity index is 1.95. The van der Waals surface area contributed by atoms with Crippen LogP contribution in [0.1, 0.15) is 19.4 Å². The van der Waals surface area contributed by atoms with Gasteiger partial charge in [-0.05, 0) is 49.7 Å². The lowest BCUT2D eigenvalue weighted by atomic mass is 10.2. The molecule has 0 aliphatic carbocycles. The lowest BCUT2D eigenvalue weighted by Gasteiger charge is -2.21. The molecule has 5 heteroatoms. The van der Waals surface area contributed by atoms with Crippen molar-refractivity contribution in [1.29, 1.82) is 0 Å². The fourth-order valence-corrected chi connectivity index (χ4v) is 2.52. The van der Waals surface area contributed by atoms with Gasteiger partial charge in [0.15, 0.2) is 0 Å². The number of hydrogen-bond donors (Lipinski definition) is 3. The van der Waals surface area contributed by atoms with Gasteiger partial charge in [0.05, 0.1) is 0 Å². The maximum atomic E-state index is 11.2. The molecule has 2 aromatic rings. The van der Waals surface area contributed by atoms with Crippen molar-refractivity contribution in [3.05, 3.63) is 54.1 Å². The first-order chi connectivity index (χ1) is 11.7. The van der Waals surface area contributed by atoms with E-state index in [1.165, 1.54) is 11.3 Å². The Morgan fingerprint density at radius 2 is 1.71 bits per heavy atom. The number of anilines is 3. The van der Waals surface area contributed by atoms with Crippen molar-refractivity contribution in [2.45, 2.75) is 20.4 Å². The molecule has 128 valence electrons. The van der Waals surface area contributed by atoms with Crippen LogP contribution in [-0.4, -0.2) is 30.7 Å². The number of carbonyl (C=O) groups is 1. The van der Waals surface area contributed by atoms with E-state index in [1.54, 1.807) is 6.07 Å². The van der Waals surface area contributed by atoms with Crippen LogP contribution < -0.4 is 15.5 Å². The number of benzene rings is 2. The molecule has 0 saturated heterocycles. The largest absolute Gasteiger partial charge is 0.387 e. The van der Waals surface area contributed by atoms with Gasteiger partial charge in [0.25, 0.3) is 0 Å². The maximum absolute atomic E-state index is 11.2. The highest BCUT2D eigenvalue weighted by Gasteiger charge is 2.03. The van der Waals surface area contributed by atoms with Gasteiger partial charge in [0, 0.05) is 36.7 Å². The minimum Gasteiger partial charge on any atom is -0.387 e. The van der Waals surface area contributed by atoms with Crippen LogP contribution in [0.3, 0.4) is 0 Å². The van der Waals surface area contributed by atoms with Crippen molar-refractivity contribution in [2.75, 3.05) is 35.2 Å². The standard InChI is InChI=1S/C19H25N3O2/c1-3-22(4-2)18-10-8-15(9-11-18)13-20-16-6-5-7-17(12-16)21-19(24)14-23/h5-12,20,23H,3-4,13-14H2,1-2H3,(H,21,24). The highest BCUT2D eigenvalue weighted by Crippen LogP contribution is 2.18. The summed E-state index contributed by atoms with van der Waals surface area (Å²) in [4.78, 5) is 13.5. The van der Waals surface area contributed by atoms with Gasteiger partial charge in [0.2, 0.25) is 5.91 Å². The van der Waals surface area contributed by atoms with Gasteiger partial charge in [-0.2, -0.15) is 0 Å². The molecule has 2 aromatic carbocycles. The van der Waals surface area contributed by atoms with E-state index < -0.39 is 12.5 Å². The summed E-state index contributed by atoms with van der Waals surface area (Å²) in [5.74, 6) is -0.417. The SMILES string of the molecule is CCN(CC)c1ccc(CNc2cccc(NC(=O)CO)c2)cc1. The summed E-state index contributed by atoms with van der Waals surface area (Å²) in [6.45, 7) is 6.50. The van der Waals surface area contributed by atoms with Gasteiger partial charge in [-0.25, -0.2) is 0 Å². The van der Waals surface area contributed by atoms with Crippen LogP contribution in [0.15, 0.2) is 48.5 Å². The third-order valence-corrected chi connectivity index (χ3v) is 3.85. The Morgan fingerprint density at radius 3 is 2.33 bits per heavy atom. The molecule has 2 rings (SSSR count). The zero-order valence-electron chi connectivity index (χ0n) is 14.2. The molecule has 5 nitrogen and oxygen atoms in total. The topological polar surface area (TPSA) is 64.6 Å². The van der Waals surface area contributed by atoms with Crippen molar-refractivity contribution in [1.82, 2.24) is 0 Å². The molecular formula is C19H25N3O2. The lowest BCUT2D eigenvalue weighted by molar-refractivity contribution is -0.118. The third-order valence-electron chi connectivity index (χ3n) is 3.85. The van der Waals surface area contributed by atoms with E-state index >= 15 is 0 Å². The minimum absolute atomic E-state index is 0.417. The molecule has 0 aromatic heterocycles. The average Bonchev–Trinajstić information content (AvgIpc) is 2.62. The zero-order valence-corrected chi connectivity index (χ0v) is 14.2. The number of rotatable bonds is 8. The van der Waals surface area contributed by atoms with Crippen LogP contribution in [0.2, 0.25) is 0 Å². The Morgan fingerprint density at radius 1 is 1.04 bits per heavy atom. The first-order valence-electron chi connectivity index (χ1n) is 8.24. The highest BCUT2D eigenvalue weighted by atomic mass is 16.3. The van der Waals surface area contributed by atoms with Gasteiger partial charge in [-0.15, -0.1) is 0 Å². The Bertz CT molecular complexity index is 652. The van der Waals surface area contributed by atoms with Crippen LogP contribution in [0, 0.1) is 0 Å². The van der Waals surface area contributed by atoms with Crippen LogP contribution >= 0.6 is 0 Å². The lowest BCUT2D eigenvalue weighted by Crippen LogP contribution is -2.21. The van der Waals surface area contributed by atoms with Crippen LogP contribution in [0.25, 0.3) is 0 Å². The van der Waals surface area contributed by atoms with Crippen molar-refractivity contribution in [3.63, 3.8) is 0 Å². The molecule has 0 aliphatic rings. The predicted molar refractivity (Wildman–Crippen MR) is 99.5 cm³/mol. The Labute approximate surface area is 143 Å². The summed E-state index contributed by atoms with van der Waals surface area (Å²) in [6, 6.07) is 16.0. The molecule has 0 radical (unpaired) electrons. The van der Waals surface area contributed by atoms with Crippen molar-refractivity contribution >= 4 is 23.0 Å². The maximum Gasteiger partial charge on any atom is 0.250 e. The van der Waals surface area contributed by atoms with Crippen LogP contribution in [0.4, 0.5) is 17.1 Å². The molecule has 0 fully saturated rings. The number of nitrogens with zero attached hydrogens (tertiary/aromatic N) is 1. The number of aliphatic hydroxyl groups is 1. The molecule has 0 saturated carbocycles. The number of nitrogens with one attached hydrogen (secondary N) is 2. The second-order valence-electron chi connectivity index (χ2n) is 5.48. The summed E-state index contributed by atoms with van der Waals surface area (Å²) in [7, 11) is 0. The number of hydrogen-bond acceptors (Lipinski definition) is 4. The van der Waals surface area contributed by atoms with E-state index in [2.05, 4.69) is 53.6 Å². The molecular weight excluding hydrogens is 302 g/mol. The monoisotopic (exact) mass is 327 g/mol. The molecule has 0 aliphatic heterocycles. The fourth-order valence-electron chi connectivity index (χ4n) is 2.52. The van der Waals surface area contributed by atoms with Crippen molar-refractivity contribution in [2.24, 2.45) is 0 Å². The van der Waals surface area contributed by atoms with E-state index in [0.717, 1.165) is 18.8 Å². The van der Waals surface area contributed by atoms with Gasteiger partial charge in [-0.3, -0.25) is 4.79 Å². The minimum atomic E-state index is -0.517. The number of amides is 1. The molecule has 0 bridgehead atoms. The summed E-state index contributed by atoms with van der Waals surface area (Å²) >= 11 is 0. The predicted octanol–water partition coefficient (Wildman–Crippen LogP) is 3.08. The van der Waals surface area contributed by atoms with E-state index in [1.807, 2.05) is 18.2 Å². The van der Waals surface area contributed by atoms with Crippen molar-refractivity contribution in [3.8, 4) is 0 Å². The van der Waals surface area contributed by atoms with Crippen LogP contribution in [0.5, 0.6) is 0 Å². The van der Waals surface area contributed by atoms with Gasteiger partial charge in [-0.1, -0.05) is 18.2 Å². The van der Waals surface area contributed by atoms with E-state index in [9.17, 15) is 4.79 Å². The first kappa shape index (κ1) is 17.8. The summed E-state index contributed by atoms with van der Waals surface area (Å²) < 4.78 is 0. The Kier molecular flexibility index (Phi) is 6.63. The van der Waals surface area contributed by atoms with Gasteiger partial charge in [0.1, 0.15) is 6.61 Å². The second kappa shape index (κ2) is 8.93. The van der Waals surface area contributed by atoms with E-state index in [4.69, 9.17) is 5.11 Å². The summed E-state index contributed by atoms with van der Waals surface area (Å²) in [5.41, 5.74) is 4.00. The smallest absolute Gasteiger partial charge is 0.250 e. The fraction of sp³-hybridized carbons (Fsp3) is 0.316. The summed E-state index contributed by atoms with van der Waals surface area (Å²) in [5, 5.41) is 14.8. The molecule has 1 amide bonds. The molecule has 0 spiro atoms. The van der Waals surface area contributed by atoms with Gasteiger partial charge >= 0.3 is 0 Å². The zero-order chi connectivity index (χ0) is 17.4. The quantitative estimate of drug-likeness (QED) is 0.697. The average molecular weight is 327 g/mol. The van der Waals surface area contributed by atoms with E-state index in [-0.39, 0.29) is 0 Å². The van der Waals surface area contributed by atoms with Gasteiger partial charge < -0.3 is 20.6 Å². The number of aliphatic hydroxyl groups excluding tert-OH is 1.